The molecule has 0 aliphatic carbocycles. The average molecular weight is 364 g/mol. The van der Waals surface area contributed by atoms with Crippen LogP contribution in [-0.4, -0.2) is 52.9 Å². The molecule has 3 heterocycles. The molecule has 0 saturated carbocycles. The van der Waals surface area contributed by atoms with Crippen LogP contribution >= 0.6 is 15.9 Å². The molecule has 112 valence electrons. The lowest BCUT2D eigenvalue weighted by Crippen LogP contribution is -2.48. The van der Waals surface area contributed by atoms with Crippen LogP contribution in [0.4, 0.5) is 0 Å². The summed E-state index contributed by atoms with van der Waals surface area (Å²) in [6, 6.07) is 0. The second-order valence-corrected chi connectivity index (χ2v) is 8.55. The standard InChI is InChI=1S/C11H18BrN5O2S/c1-11(2)8-5-13-4-7(8)6-17(11)20(18,19)10-9(12)14-15-16(10)3/h7-8,13H,4-6H2,1-3H3. The average Bonchev–Trinajstić information content (AvgIpc) is 2.97. The molecule has 1 aromatic heterocycles. The molecule has 9 heteroatoms. The van der Waals surface area contributed by atoms with Gasteiger partial charge in [0.25, 0.3) is 10.0 Å². The predicted octanol–water partition coefficient (Wildman–Crippen LogP) is 0.196. The molecule has 1 aromatic rings. The predicted molar refractivity (Wildman–Crippen MR) is 76.5 cm³/mol. The van der Waals surface area contributed by atoms with Gasteiger partial charge in [-0.15, -0.1) is 5.10 Å². The fourth-order valence-electron chi connectivity index (χ4n) is 3.49. The summed E-state index contributed by atoms with van der Waals surface area (Å²) in [6.07, 6.45) is 0. The van der Waals surface area contributed by atoms with Crippen LogP contribution in [0.1, 0.15) is 13.8 Å². The molecule has 2 aliphatic rings. The van der Waals surface area contributed by atoms with Gasteiger partial charge >= 0.3 is 0 Å². The third kappa shape index (κ3) is 1.87. The summed E-state index contributed by atoms with van der Waals surface area (Å²) in [4.78, 5) is 0. The summed E-state index contributed by atoms with van der Waals surface area (Å²) in [5.74, 6) is 0.719. The molecule has 7 nitrogen and oxygen atoms in total. The molecule has 20 heavy (non-hydrogen) atoms. The molecule has 2 fully saturated rings. The Balaban J connectivity index is 2.05. The molecule has 0 amide bonds. The van der Waals surface area contributed by atoms with Crippen molar-refractivity contribution in [3.05, 3.63) is 4.60 Å². The van der Waals surface area contributed by atoms with E-state index in [4.69, 9.17) is 0 Å². The maximum atomic E-state index is 13.0. The Labute approximate surface area is 126 Å². The van der Waals surface area contributed by atoms with Gasteiger partial charge in [-0.3, -0.25) is 0 Å². The normalized spacial score (nSPS) is 29.8. The van der Waals surface area contributed by atoms with Gasteiger partial charge in [-0.2, -0.15) is 4.31 Å². The van der Waals surface area contributed by atoms with Gasteiger partial charge in [-0.05, 0) is 48.2 Å². The Morgan fingerprint density at radius 2 is 2.10 bits per heavy atom. The highest BCUT2D eigenvalue weighted by atomic mass is 79.9. The van der Waals surface area contributed by atoms with Gasteiger partial charge in [0, 0.05) is 25.7 Å². The third-order valence-electron chi connectivity index (χ3n) is 4.56. The summed E-state index contributed by atoms with van der Waals surface area (Å²) in [6.45, 7) is 6.30. The third-order valence-corrected chi connectivity index (χ3v) is 7.50. The van der Waals surface area contributed by atoms with Crippen molar-refractivity contribution < 1.29 is 8.42 Å². The Hall–Kier alpha value is -0.510. The minimum atomic E-state index is -3.61. The minimum Gasteiger partial charge on any atom is -0.316 e. The summed E-state index contributed by atoms with van der Waals surface area (Å²) in [5.41, 5.74) is -0.406. The van der Waals surface area contributed by atoms with Gasteiger partial charge in [0.05, 0.1) is 0 Å². The van der Waals surface area contributed by atoms with Crippen LogP contribution in [0.25, 0.3) is 0 Å². The Morgan fingerprint density at radius 3 is 2.65 bits per heavy atom. The highest BCUT2D eigenvalue weighted by Gasteiger charge is 2.55. The number of rotatable bonds is 2. The molecule has 2 saturated heterocycles. The molecular weight excluding hydrogens is 346 g/mol. The summed E-state index contributed by atoms with van der Waals surface area (Å²) >= 11 is 3.19. The fraction of sp³-hybridized carbons (Fsp3) is 0.818. The minimum absolute atomic E-state index is 0.124. The lowest BCUT2D eigenvalue weighted by molar-refractivity contribution is 0.232. The molecule has 1 N–H and O–H groups in total. The monoisotopic (exact) mass is 363 g/mol. The van der Waals surface area contributed by atoms with Crippen LogP contribution in [0.2, 0.25) is 0 Å². The van der Waals surface area contributed by atoms with Gasteiger partial charge < -0.3 is 5.32 Å². The maximum absolute atomic E-state index is 13.0. The summed E-state index contributed by atoms with van der Waals surface area (Å²) < 4.78 is 29.1. The second-order valence-electron chi connectivity index (χ2n) is 6.02. The Kier molecular flexibility index (Phi) is 3.24. The van der Waals surface area contributed by atoms with E-state index in [1.807, 2.05) is 13.8 Å². The van der Waals surface area contributed by atoms with E-state index in [9.17, 15) is 8.42 Å². The SMILES string of the molecule is Cn1nnc(Br)c1S(=O)(=O)N1CC2CNCC2C1(C)C. The number of nitrogens with one attached hydrogen (secondary N) is 1. The Morgan fingerprint density at radius 1 is 1.40 bits per heavy atom. The smallest absolute Gasteiger partial charge is 0.263 e. The van der Waals surface area contributed by atoms with Gasteiger partial charge in [0.1, 0.15) is 0 Å². The van der Waals surface area contributed by atoms with E-state index in [1.54, 1.807) is 11.4 Å². The highest BCUT2D eigenvalue weighted by molar-refractivity contribution is 9.10. The van der Waals surface area contributed by atoms with Crippen LogP contribution < -0.4 is 5.32 Å². The van der Waals surface area contributed by atoms with E-state index in [-0.39, 0.29) is 9.63 Å². The lowest BCUT2D eigenvalue weighted by atomic mass is 9.85. The van der Waals surface area contributed by atoms with Gasteiger partial charge in [0.2, 0.25) is 5.03 Å². The van der Waals surface area contributed by atoms with Crippen molar-refractivity contribution in [3.8, 4) is 0 Å². The zero-order valence-corrected chi connectivity index (χ0v) is 14.1. The summed E-state index contributed by atoms with van der Waals surface area (Å²) in [5, 5.41) is 11.0. The Bertz CT molecular complexity index is 622. The largest absolute Gasteiger partial charge is 0.316 e. The topological polar surface area (TPSA) is 80.1 Å². The quantitative estimate of drug-likeness (QED) is 0.811. The highest BCUT2D eigenvalue weighted by Crippen LogP contribution is 2.43. The van der Waals surface area contributed by atoms with Crippen LogP contribution in [0.3, 0.4) is 0 Å². The van der Waals surface area contributed by atoms with E-state index < -0.39 is 15.6 Å². The fourth-order valence-corrected chi connectivity index (χ4v) is 6.41. The van der Waals surface area contributed by atoms with Crippen molar-refractivity contribution >= 4 is 26.0 Å². The van der Waals surface area contributed by atoms with Crippen LogP contribution in [0.5, 0.6) is 0 Å². The number of aromatic nitrogens is 3. The number of nitrogens with zero attached hydrogens (tertiary/aromatic N) is 4. The van der Waals surface area contributed by atoms with Gasteiger partial charge in [-0.1, -0.05) is 5.21 Å². The first-order chi connectivity index (χ1) is 9.26. The molecule has 2 atom stereocenters. The van der Waals surface area contributed by atoms with Crippen LogP contribution in [-0.2, 0) is 17.1 Å². The van der Waals surface area contributed by atoms with Crippen molar-refractivity contribution in [2.45, 2.75) is 24.4 Å². The first-order valence-corrected chi connectivity index (χ1v) is 8.78. The van der Waals surface area contributed by atoms with Gasteiger partial charge in [-0.25, -0.2) is 13.1 Å². The molecule has 2 aliphatic heterocycles. The number of hydrogen-bond acceptors (Lipinski definition) is 5. The van der Waals surface area contributed by atoms with E-state index in [0.29, 0.717) is 18.4 Å². The molecule has 3 rings (SSSR count). The van der Waals surface area contributed by atoms with E-state index in [2.05, 4.69) is 31.6 Å². The second kappa shape index (κ2) is 4.49. The maximum Gasteiger partial charge on any atom is 0.263 e. The van der Waals surface area contributed by atoms with Crippen molar-refractivity contribution in [2.75, 3.05) is 19.6 Å². The number of hydrogen-bond donors (Lipinski definition) is 1. The van der Waals surface area contributed by atoms with E-state index >= 15 is 0 Å². The number of fused-ring (bicyclic) bond motifs is 1. The van der Waals surface area contributed by atoms with E-state index in [0.717, 1.165) is 13.1 Å². The zero-order valence-electron chi connectivity index (χ0n) is 11.7. The summed E-state index contributed by atoms with van der Waals surface area (Å²) in [7, 11) is -2.02. The van der Waals surface area contributed by atoms with Crippen molar-refractivity contribution in [2.24, 2.45) is 18.9 Å². The van der Waals surface area contributed by atoms with Crippen LogP contribution in [0.15, 0.2) is 9.63 Å². The molecule has 2 unspecified atom stereocenters. The van der Waals surface area contributed by atoms with Crippen molar-refractivity contribution in [1.82, 2.24) is 24.6 Å². The number of sulfonamides is 1. The molecule has 0 spiro atoms. The lowest BCUT2D eigenvalue weighted by Gasteiger charge is -2.34. The number of halogens is 1. The molecule has 0 radical (unpaired) electrons. The molecule has 0 bridgehead atoms. The molecular formula is C11H18BrN5O2S. The first kappa shape index (κ1) is 14.4. The zero-order chi connectivity index (χ0) is 14.7. The number of aryl methyl sites for hydroxylation is 1. The van der Waals surface area contributed by atoms with Crippen LogP contribution in [0, 0.1) is 11.8 Å². The molecule has 0 aromatic carbocycles. The van der Waals surface area contributed by atoms with Crippen molar-refractivity contribution in [1.29, 1.82) is 0 Å². The van der Waals surface area contributed by atoms with Crippen molar-refractivity contribution in [3.63, 3.8) is 0 Å². The van der Waals surface area contributed by atoms with Gasteiger partial charge in [0.15, 0.2) is 4.60 Å². The van der Waals surface area contributed by atoms with E-state index in [1.165, 1.54) is 4.68 Å². The first-order valence-electron chi connectivity index (χ1n) is 6.55.